The van der Waals surface area contributed by atoms with E-state index in [9.17, 15) is 4.79 Å². The van der Waals surface area contributed by atoms with Gasteiger partial charge in [-0.1, -0.05) is 32.1 Å². The zero-order chi connectivity index (χ0) is 13.1. The highest BCUT2D eigenvalue weighted by atomic mass is 16.6. The van der Waals surface area contributed by atoms with Crippen molar-refractivity contribution >= 4 is 5.78 Å². The lowest BCUT2D eigenvalue weighted by atomic mass is 9.78. The molecule has 3 aliphatic rings. The molecule has 2 saturated heterocycles. The fourth-order valence-corrected chi connectivity index (χ4v) is 4.01. The first-order valence-corrected chi connectivity index (χ1v) is 8.02. The minimum Gasteiger partial charge on any atom is -0.378 e. The van der Waals surface area contributed by atoms with Gasteiger partial charge in [0.05, 0.1) is 12.2 Å². The lowest BCUT2D eigenvalue weighted by molar-refractivity contribution is -0.138. The topological polar surface area (TPSA) is 35.5 Å². The highest BCUT2D eigenvalue weighted by molar-refractivity contribution is 5.81. The van der Waals surface area contributed by atoms with Gasteiger partial charge in [0, 0.05) is 32.0 Å². The minimum absolute atomic E-state index is 0.120. The third-order valence-corrected chi connectivity index (χ3v) is 5.23. The summed E-state index contributed by atoms with van der Waals surface area (Å²) in [4.78, 5) is 12.5. The van der Waals surface area contributed by atoms with Gasteiger partial charge in [-0.2, -0.15) is 0 Å². The zero-order valence-electron chi connectivity index (χ0n) is 11.9. The van der Waals surface area contributed by atoms with Crippen LogP contribution in [0.5, 0.6) is 0 Å². The van der Waals surface area contributed by atoms with Crippen LogP contribution in [0.1, 0.15) is 57.8 Å². The summed E-state index contributed by atoms with van der Waals surface area (Å²) in [5, 5.41) is 0. The molecule has 0 aromatic heterocycles. The Labute approximate surface area is 116 Å². The van der Waals surface area contributed by atoms with Gasteiger partial charge in [-0.25, -0.2) is 0 Å². The number of ketones is 1. The second-order valence-corrected chi connectivity index (χ2v) is 6.70. The van der Waals surface area contributed by atoms with Crippen molar-refractivity contribution in [1.29, 1.82) is 0 Å². The average Bonchev–Trinajstić information content (AvgIpc) is 2.88. The van der Waals surface area contributed by atoms with E-state index in [4.69, 9.17) is 9.47 Å². The molecular weight excluding hydrogens is 240 g/mol. The molecule has 3 fully saturated rings. The molecule has 2 aliphatic heterocycles. The Bertz CT molecular complexity index is 314. The van der Waals surface area contributed by atoms with E-state index in [0.29, 0.717) is 18.3 Å². The maximum atomic E-state index is 12.5. The molecule has 1 spiro atoms. The van der Waals surface area contributed by atoms with E-state index in [1.54, 1.807) is 0 Å². The Hall–Kier alpha value is -0.410. The number of hydrogen-bond donors (Lipinski definition) is 0. The Kier molecular flexibility index (Phi) is 4.23. The summed E-state index contributed by atoms with van der Waals surface area (Å²) in [6.07, 6.45) is 10.2. The van der Waals surface area contributed by atoms with Crippen LogP contribution in [-0.4, -0.2) is 31.2 Å². The predicted molar refractivity (Wildman–Crippen MR) is 73.0 cm³/mol. The van der Waals surface area contributed by atoms with E-state index in [0.717, 1.165) is 38.9 Å². The number of carbonyl (C=O) groups is 1. The highest BCUT2D eigenvalue weighted by Crippen LogP contribution is 2.37. The van der Waals surface area contributed by atoms with Crippen molar-refractivity contribution in [3.8, 4) is 0 Å². The molecule has 0 N–H and O–H groups in total. The lowest BCUT2D eigenvalue weighted by Gasteiger charge is -2.37. The summed E-state index contributed by atoms with van der Waals surface area (Å²) < 4.78 is 11.4. The summed E-state index contributed by atoms with van der Waals surface area (Å²) in [7, 11) is 0. The van der Waals surface area contributed by atoms with Crippen molar-refractivity contribution in [3.05, 3.63) is 0 Å². The van der Waals surface area contributed by atoms with Gasteiger partial charge in [0.1, 0.15) is 5.78 Å². The normalized spacial score (nSPS) is 36.7. The summed E-state index contributed by atoms with van der Waals surface area (Å²) in [6, 6.07) is 0. The summed E-state index contributed by atoms with van der Waals surface area (Å²) in [5.41, 5.74) is -0.120. The second-order valence-electron chi connectivity index (χ2n) is 6.70. The Morgan fingerprint density at radius 2 is 1.95 bits per heavy atom. The van der Waals surface area contributed by atoms with Gasteiger partial charge < -0.3 is 9.47 Å². The molecule has 19 heavy (non-hydrogen) atoms. The van der Waals surface area contributed by atoms with E-state index in [1.807, 2.05) is 0 Å². The molecule has 108 valence electrons. The molecule has 1 saturated carbocycles. The zero-order valence-corrected chi connectivity index (χ0v) is 11.9. The number of carbonyl (C=O) groups excluding carboxylic acids is 1. The molecule has 0 aromatic rings. The van der Waals surface area contributed by atoms with E-state index >= 15 is 0 Å². The predicted octanol–water partition coefficient (Wildman–Crippen LogP) is 3.11. The first-order valence-electron chi connectivity index (χ1n) is 8.02. The van der Waals surface area contributed by atoms with Crippen molar-refractivity contribution in [2.45, 2.75) is 63.4 Å². The average molecular weight is 266 g/mol. The standard InChI is InChI=1S/C16H26O3/c17-15(10-13-4-2-1-3-5-13)14-6-8-19-16(11-14)7-9-18-12-16/h13-14H,1-12H2. The molecule has 2 heterocycles. The van der Waals surface area contributed by atoms with E-state index in [-0.39, 0.29) is 11.5 Å². The fourth-order valence-electron chi connectivity index (χ4n) is 4.01. The molecule has 1 aliphatic carbocycles. The quantitative estimate of drug-likeness (QED) is 0.787. The van der Waals surface area contributed by atoms with Crippen molar-refractivity contribution in [2.75, 3.05) is 19.8 Å². The molecule has 3 rings (SSSR count). The van der Waals surface area contributed by atoms with Crippen LogP contribution in [0.25, 0.3) is 0 Å². The van der Waals surface area contributed by atoms with Crippen LogP contribution in [0.3, 0.4) is 0 Å². The van der Waals surface area contributed by atoms with Crippen molar-refractivity contribution in [1.82, 2.24) is 0 Å². The SMILES string of the molecule is O=C(CC1CCCCC1)C1CCOC2(CCOC2)C1. The third kappa shape index (κ3) is 3.19. The van der Waals surface area contributed by atoms with Crippen molar-refractivity contribution in [3.63, 3.8) is 0 Å². The number of hydrogen-bond acceptors (Lipinski definition) is 3. The molecule has 0 aromatic carbocycles. The van der Waals surface area contributed by atoms with Gasteiger partial charge in [-0.05, 0) is 18.8 Å². The van der Waals surface area contributed by atoms with Gasteiger partial charge in [-0.15, -0.1) is 0 Å². The Morgan fingerprint density at radius 3 is 2.68 bits per heavy atom. The molecule has 0 radical (unpaired) electrons. The highest BCUT2D eigenvalue weighted by Gasteiger charge is 2.42. The third-order valence-electron chi connectivity index (χ3n) is 5.23. The molecule has 3 nitrogen and oxygen atoms in total. The molecule has 2 atom stereocenters. The van der Waals surface area contributed by atoms with E-state index in [1.165, 1.54) is 32.1 Å². The smallest absolute Gasteiger partial charge is 0.136 e. The van der Waals surface area contributed by atoms with Crippen molar-refractivity contribution < 1.29 is 14.3 Å². The van der Waals surface area contributed by atoms with Crippen LogP contribution in [0.2, 0.25) is 0 Å². The summed E-state index contributed by atoms with van der Waals surface area (Å²) in [6.45, 7) is 2.23. The molecule has 2 unspecified atom stereocenters. The van der Waals surface area contributed by atoms with Gasteiger partial charge in [0.2, 0.25) is 0 Å². The lowest BCUT2D eigenvalue weighted by Crippen LogP contribution is -2.42. The molecular formula is C16H26O3. The molecule has 3 heteroatoms. The van der Waals surface area contributed by atoms with Crippen LogP contribution in [-0.2, 0) is 14.3 Å². The maximum Gasteiger partial charge on any atom is 0.136 e. The minimum atomic E-state index is -0.120. The van der Waals surface area contributed by atoms with Gasteiger partial charge in [0.15, 0.2) is 0 Å². The molecule has 0 bridgehead atoms. The summed E-state index contributed by atoms with van der Waals surface area (Å²) >= 11 is 0. The van der Waals surface area contributed by atoms with Gasteiger partial charge >= 0.3 is 0 Å². The monoisotopic (exact) mass is 266 g/mol. The van der Waals surface area contributed by atoms with Crippen molar-refractivity contribution in [2.24, 2.45) is 11.8 Å². The Morgan fingerprint density at radius 1 is 1.11 bits per heavy atom. The first kappa shape index (κ1) is 13.6. The van der Waals surface area contributed by atoms with Crippen LogP contribution in [0, 0.1) is 11.8 Å². The van der Waals surface area contributed by atoms with Crippen LogP contribution in [0.15, 0.2) is 0 Å². The largest absolute Gasteiger partial charge is 0.378 e. The summed E-state index contributed by atoms with van der Waals surface area (Å²) in [5.74, 6) is 1.40. The number of rotatable bonds is 3. The van der Waals surface area contributed by atoms with Crippen LogP contribution >= 0.6 is 0 Å². The maximum absolute atomic E-state index is 12.5. The van der Waals surface area contributed by atoms with E-state index in [2.05, 4.69) is 0 Å². The van der Waals surface area contributed by atoms with Gasteiger partial charge in [-0.3, -0.25) is 4.79 Å². The first-order chi connectivity index (χ1) is 9.27. The molecule has 0 amide bonds. The second kappa shape index (κ2) is 5.92. The van der Waals surface area contributed by atoms with Crippen LogP contribution in [0.4, 0.5) is 0 Å². The van der Waals surface area contributed by atoms with Crippen LogP contribution < -0.4 is 0 Å². The van der Waals surface area contributed by atoms with Gasteiger partial charge in [0.25, 0.3) is 0 Å². The van der Waals surface area contributed by atoms with E-state index < -0.39 is 0 Å². The number of Topliss-reactive ketones (excluding diaryl/α,β-unsaturated/α-hetero) is 1. The fraction of sp³-hybridized carbons (Fsp3) is 0.938. The number of ether oxygens (including phenoxy) is 2. The Balaban J connectivity index is 1.54.